The van der Waals surface area contributed by atoms with Gasteiger partial charge in [-0.05, 0) is 36.8 Å². The lowest BCUT2D eigenvalue weighted by Gasteiger charge is -2.27. The fourth-order valence-electron chi connectivity index (χ4n) is 2.98. The third-order valence-electron chi connectivity index (χ3n) is 4.05. The Morgan fingerprint density at radius 3 is 2.57 bits per heavy atom. The van der Waals surface area contributed by atoms with Gasteiger partial charge in [-0.25, -0.2) is 4.98 Å². The topological polar surface area (TPSA) is 28.2 Å². The van der Waals surface area contributed by atoms with E-state index in [9.17, 15) is 0 Å². The molecule has 3 heteroatoms. The fraction of sp³-hybridized carbons (Fsp3) is 0.500. The number of aromatic nitrogens is 1. The zero-order valence-electron chi connectivity index (χ0n) is 13.3. The molecule has 0 aliphatic heterocycles. The monoisotopic (exact) mass is 283 g/mol. The number of fused-ring (bicyclic) bond motifs is 1. The molecular formula is C18H25N3. The number of nitrogens with one attached hydrogen (secondary N) is 1. The summed E-state index contributed by atoms with van der Waals surface area (Å²) in [4.78, 5) is 7.35. The predicted molar refractivity (Wildman–Crippen MR) is 89.7 cm³/mol. The standard InChI is InChI=1S/C18H25N3/c1-13(2)12-21(15-8-9-15)18-17-7-5-4-6-16(17)14(10-19-3)11-20-18/h4-7,11,13,15,19H,8-10,12H2,1-3H3. The number of benzene rings is 1. The van der Waals surface area contributed by atoms with Crippen molar-refractivity contribution >= 4 is 16.6 Å². The van der Waals surface area contributed by atoms with E-state index in [2.05, 4.69) is 48.3 Å². The first-order valence-corrected chi connectivity index (χ1v) is 7.98. The van der Waals surface area contributed by atoms with Crippen molar-refractivity contribution in [2.24, 2.45) is 5.92 Å². The van der Waals surface area contributed by atoms with Crippen LogP contribution in [0, 0.1) is 5.92 Å². The minimum Gasteiger partial charge on any atom is -0.353 e. The zero-order valence-corrected chi connectivity index (χ0v) is 13.3. The minimum atomic E-state index is 0.656. The van der Waals surface area contributed by atoms with Gasteiger partial charge in [0.15, 0.2) is 0 Å². The van der Waals surface area contributed by atoms with Crippen LogP contribution in [-0.4, -0.2) is 24.6 Å². The molecule has 0 amide bonds. The number of hydrogen-bond donors (Lipinski definition) is 1. The summed E-state index contributed by atoms with van der Waals surface area (Å²) in [7, 11) is 1.98. The smallest absolute Gasteiger partial charge is 0.136 e. The molecule has 112 valence electrons. The normalized spacial score (nSPS) is 14.9. The van der Waals surface area contributed by atoms with Crippen molar-refractivity contribution < 1.29 is 0 Å². The summed E-state index contributed by atoms with van der Waals surface area (Å²) in [5, 5.41) is 5.85. The summed E-state index contributed by atoms with van der Waals surface area (Å²) in [6.07, 6.45) is 4.66. The molecule has 21 heavy (non-hydrogen) atoms. The second-order valence-corrected chi connectivity index (χ2v) is 6.46. The quantitative estimate of drug-likeness (QED) is 0.878. The molecule has 3 nitrogen and oxygen atoms in total. The molecule has 1 N–H and O–H groups in total. The first kappa shape index (κ1) is 14.3. The van der Waals surface area contributed by atoms with Gasteiger partial charge in [0.2, 0.25) is 0 Å². The van der Waals surface area contributed by atoms with Crippen LogP contribution in [0.1, 0.15) is 32.3 Å². The molecular weight excluding hydrogens is 258 g/mol. The van der Waals surface area contributed by atoms with Crippen LogP contribution < -0.4 is 10.2 Å². The Labute approximate surface area is 127 Å². The predicted octanol–water partition coefficient (Wildman–Crippen LogP) is 3.58. The second-order valence-electron chi connectivity index (χ2n) is 6.46. The summed E-state index contributed by atoms with van der Waals surface area (Å²) in [6, 6.07) is 9.37. The molecule has 0 bridgehead atoms. The van der Waals surface area contributed by atoms with Crippen molar-refractivity contribution in [3.05, 3.63) is 36.0 Å². The van der Waals surface area contributed by atoms with E-state index in [0.717, 1.165) is 13.1 Å². The molecule has 0 spiro atoms. The Morgan fingerprint density at radius 2 is 1.95 bits per heavy atom. The molecule has 1 aliphatic carbocycles. The number of pyridine rings is 1. The van der Waals surface area contributed by atoms with Crippen LogP contribution in [0.5, 0.6) is 0 Å². The van der Waals surface area contributed by atoms with Crippen LogP contribution in [0.4, 0.5) is 5.82 Å². The molecule has 1 aliphatic rings. The van der Waals surface area contributed by atoms with Crippen LogP contribution in [0.15, 0.2) is 30.5 Å². The van der Waals surface area contributed by atoms with Crippen LogP contribution in [0.2, 0.25) is 0 Å². The third kappa shape index (κ3) is 3.03. The van der Waals surface area contributed by atoms with Gasteiger partial charge in [0.05, 0.1) is 0 Å². The van der Waals surface area contributed by atoms with Crippen molar-refractivity contribution in [1.82, 2.24) is 10.3 Å². The van der Waals surface area contributed by atoms with Crippen LogP contribution in [0.3, 0.4) is 0 Å². The second kappa shape index (κ2) is 6.02. The highest BCUT2D eigenvalue weighted by Crippen LogP contribution is 2.35. The van der Waals surface area contributed by atoms with Crippen molar-refractivity contribution in [2.75, 3.05) is 18.5 Å². The first-order valence-electron chi connectivity index (χ1n) is 7.98. The maximum Gasteiger partial charge on any atom is 0.136 e. The lowest BCUT2D eigenvalue weighted by molar-refractivity contribution is 0.604. The fourth-order valence-corrected chi connectivity index (χ4v) is 2.98. The van der Waals surface area contributed by atoms with Gasteiger partial charge in [-0.15, -0.1) is 0 Å². The van der Waals surface area contributed by atoms with Gasteiger partial charge in [-0.1, -0.05) is 38.1 Å². The number of anilines is 1. The maximum absolute atomic E-state index is 4.83. The van der Waals surface area contributed by atoms with E-state index in [1.807, 2.05) is 13.2 Å². The third-order valence-corrected chi connectivity index (χ3v) is 4.05. The highest BCUT2D eigenvalue weighted by Gasteiger charge is 2.31. The Morgan fingerprint density at radius 1 is 1.24 bits per heavy atom. The average Bonchev–Trinajstić information content (AvgIpc) is 3.30. The van der Waals surface area contributed by atoms with Gasteiger partial charge in [0.1, 0.15) is 5.82 Å². The molecule has 1 aromatic carbocycles. The van der Waals surface area contributed by atoms with Gasteiger partial charge >= 0.3 is 0 Å². The summed E-state index contributed by atoms with van der Waals surface area (Å²) >= 11 is 0. The van der Waals surface area contributed by atoms with Crippen molar-refractivity contribution in [3.63, 3.8) is 0 Å². The Hall–Kier alpha value is -1.61. The Kier molecular flexibility index (Phi) is 4.11. The van der Waals surface area contributed by atoms with Crippen molar-refractivity contribution in [1.29, 1.82) is 0 Å². The summed E-state index contributed by atoms with van der Waals surface area (Å²) < 4.78 is 0. The van der Waals surface area contributed by atoms with Gasteiger partial charge in [-0.2, -0.15) is 0 Å². The van der Waals surface area contributed by atoms with E-state index >= 15 is 0 Å². The number of hydrogen-bond acceptors (Lipinski definition) is 3. The molecule has 2 aromatic rings. The highest BCUT2D eigenvalue weighted by atomic mass is 15.2. The lowest BCUT2D eigenvalue weighted by Crippen LogP contribution is -2.30. The molecule has 1 saturated carbocycles. The minimum absolute atomic E-state index is 0.656. The van der Waals surface area contributed by atoms with E-state index in [1.54, 1.807) is 0 Å². The van der Waals surface area contributed by atoms with Crippen molar-refractivity contribution in [3.8, 4) is 0 Å². The van der Waals surface area contributed by atoms with Crippen molar-refractivity contribution in [2.45, 2.75) is 39.3 Å². The number of rotatable bonds is 6. The molecule has 0 atom stereocenters. The average molecular weight is 283 g/mol. The number of nitrogens with zero attached hydrogens (tertiary/aromatic N) is 2. The van der Waals surface area contributed by atoms with Gasteiger partial charge in [0, 0.05) is 30.7 Å². The van der Waals surface area contributed by atoms with Gasteiger partial charge in [0.25, 0.3) is 0 Å². The zero-order chi connectivity index (χ0) is 14.8. The van der Waals surface area contributed by atoms with Gasteiger partial charge < -0.3 is 10.2 Å². The lowest BCUT2D eigenvalue weighted by atomic mass is 10.1. The summed E-state index contributed by atoms with van der Waals surface area (Å²) in [6.45, 7) is 6.52. The molecule has 0 saturated heterocycles. The van der Waals surface area contributed by atoms with E-state index < -0.39 is 0 Å². The molecule has 1 fully saturated rings. The Bertz CT molecular complexity index is 617. The van der Waals surface area contributed by atoms with Crippen LogP contribution >= 0.6 is 0 Å². The molecule has 1 heterocycles. The summed E-state index contributed by atoms with van der Waals surface area (Å²) in [5.74, 6) is 1.82. The van der Waals surface area contributed by atoms with E-state index in [1.165, 1.54) is 35.0 Å². The van der Waals surface area contributed by atoms with Crippen LogP contribution in [-0.2, 0) is 6.54 Å². The largest absolute Gasteiger partial charge is 0.353 e. The SMILES string of the molecule is CNCc1cnc(N(CC(C)C)C2CC2)c2ccccc12. The van der Waals surface area contributed by atoms with Gasteiger partial charge in [-0.3, -0.25) is 0 Å². The highest BCUT2D eigenvalue weighted by molar-refractivity contribution is 5.94. The molecule has 0 radical (unpaired) electrons. The molecule has 3 rings (SSSR count). The van der Waals surface area contributed by atoms with E-state index in [0.29, 0.717) is 12.0 Å². The molecule has 0 unspecified atom stereocenters. The first-order chi connectivity index (χ1) is 10.2. The van der Waals surface area contributed by atoms with E-state index in [4.69, 9.17) is 4.98 Å². The van der Waals surface area contributed by atoms with E-state index in [-0.39, 0.29) is 0 Å². The Balaban J connectivity index is 2.07. The maximum atomic E-state index is 4.83. The summed E-state index contributed by atoms with van der Waals surface area (Å²) in [5.41, 5.74) is 1.28. The molecule has 1 aromatic heterocycles. The van der Waals surface area contributed by atoms with Crippen LogP contribution in [0.25, 0.3) is 10.8 Å².